The number of primary amides is 1. The number of aromatic nitrogens is 3. The number of nitrogens with two attached hydrogens (primary N) is 1. The number of pyridine rings is 2. The maximum absolute atomic E-state index is 11.4. The van der Waals surface area contributed by atoms with Crippen molar-refractivity contribution in [2.45, 2.75) is 25.7 Å². The van der Waals surface area contributed by atoms with E-state index in [0.717, 1.165) is 73.3 Å². The second kappa shape index (κ2) is 8.69. The first kappa shape index (κ1) is 19.5. The molecule has 8 heteroatoms. The van der Waals surface area contributed by atoms with Gasteiger partial charge in [0.1, 0.15) is 16.6 Å². The summed E-state index contributed by atoms with van der Waals surface area (Å²) in [4.78, 5) is 25.1. The van der Waals surface area contributed by atoms with Crippen LogP contribution in [0.5, 0.6) is 0 Å². The Bertz CT molecular complexity index is 1000. The molecule has 0 spiro atoms. The number of H-pyrrole nitrogens is 1. The van der Waals surface area contributed by atoms with Gasteiger partial charge in [0.25, 0.3) is 0 Å². The van der Waals surface area contributed by atoms with Crippen molar-refractivity contribution in [1.82, 2.24) is 19.9 Å². The zero-order valence-electron chi connectivity index (χ0n) is 16.2. The van der Waals surface area contributed by atoms with E-state index in [9.17, 15) is 4.79 Å². The Morgan fingerprint density at radius 2 is 2.31 bits per heavy atom. The Labute approximate surface area is 174 Å². The van der Waals surface area contributed by atoms with Crippen LogP contribution in [0.3, 0.4) is 0 Å². The van der Waals surface area contributed by atoms with Crippen LogP contribution in [-0.4, -0.2) is 45.5 Å². The predicted octanol–water partition coefficient (Wildman–Crippen LogP) is 4.26. The third kappa shape index (κ3) is 4.62. The number of aromatic amines is 1. The summed E-state index contributed by atoms with van der Waals surface area (Å²) in [5, 5.41) is 4.89. The Morgan fingerprint density at radius 3 is 3.17 bits per heavy atom. The number of nitrogens with one attached hydrogen (secondary N) is 2. The molecule has 1 aliphatic rings. The molecule has 29 heavy (non-hydrogen) atoms. The average Bonchev–Trinajstić information content (AvgIpc) is 3.15. The molecule has 2 amide bonds. The number of fused-ring (bicyclic) bond motifs is 1. The summed E-state index contributed by atoms with van der Waals surface area (Å²) in [5.74, 6) is 1.27. The Morgan fingerprint density at radius 1 is 1.41 bits per heavy atom. The highest BCUT2D eigenvalue weighted by Crippen LogP contribution is 2.30. The third-order valence-corrected chi connectivity index (χ3v) is 5.68. The molecule has 0 aliphatic carbocycles. The molecule has 1 atom stereocenters. The van der Waals surface area contributed by atoms with Crippen LogP contribution in [0.25, 0.3) is 22.2 Å². The van der Waals surface area contributed by atoms with Gasteiger partial charge < -0.3 is 20.9 Å². The molecule has 4 rings (SSSR count). The minimum absolute atomic E-state index is 0.309. The van der Waals surface area contributed by atoms with Crippen LogP contribution in [0.4, 0.5) is 10.6 Å². The first-order valence-electron chi connectivity index (χ1n) is 9.98. The van der Waals surface area contributed by atoms with Gasteiger partial charge in [-0.25, -0.2) is 14.8 Å². The molecule has 4 N–H and O–H groups in total. The Hall–Kier alpha value is -2.80. The summed E-state index contributed by atoms with van der Waals surface area (Å²) < 4.78 is 0. The van der Waals surface area contributed by atoms with Crippen LogP contribution in [0, 0.1) is 5.92 Å². The third-order valence-electron chi connectivity index (χ3n) is 5.48. The highest BCUT2D eigenvalue weighted by Gasteiger charge is 2.21. The number of likely N-dealkylation sites (tertiary alicyclic amines) is 1. The maximum atomic E-state index is 11.4. The van der Waals surface area contributed by atoms with Crippen LogP contribution in [0.2, 0.25) is 5.15 Å². The topological polar surface area (TPSA) is 99.9 Å². The lowest BCUT2D eigenvalue weighted by Gasteiger charge is -2.31. The van der Waals surface area contributed by atoms with Crippen molar-refractivity contribution in [3.05, 3.63) is 41.8 Å². The summed E-state index contributed by atoms with van der Waals surface area (Å²) in [7, 11) is 0. The van der Waals surface area contributed by atoms with Gasteiger partial charge >= 0.3 is 6.03 Å². The number of nitrogens with zero attached hydrogens (tertiary/aromatic N) is 3. The van der Waals surface area contributed by atoms with E-state index in [1.165, 1.54) is 0 Å². The first-order valence-corrected chi connectivity index (χ1v) is 10.4. The second-order valence-corrected chi connectivity index (χ2v) is 7.91. The van der Waals surface area contributed by atoms with Crippen molar-refractivity contribution in [1.29, 1.82) is 0 Å². The van der Waals surface area contributed by atoms with E-state index in [2.05, 4.69) is 20.3 Å². The van der Waals surface area contributed by atoms with E-state index >= 15 is 0 Å². The summed E-state index contributed by atoms with van der Waals surface area (Å²) in [5.41, 5.74) is 8.31. The van der Waals surface area contributed by atoms with Crippen LogP contribution in [-0.2, 0) is 0 Å². The molecule has 0 radical (unpaired) electrons. The fraction of sp³-hybridized carbons (Fsp3) is 0.381. The molecule has 7 nitrogen and oxygen atoms in total. The second-order valence-electron chi connectivity index (χ2n) is 7.53. The number of rotatable bonds is 6. The lowest BCUT2D eigenvalue weighted by molar-refractivity contribution is 0.170. The minimum atomic E-state index is -0.309. The molecule has 0 bridgehead atoms. The molecule has 0 aromatic carbocycles. The minimum Gasteiger partial charge on any atom is -0.370 e. The van der Waals surface area contributed by atoms with Gasteiger partial charge in [-0.1, -0.05) is 11.6 Å². The van der Waals surface area contributed by atoms with E-state index in [1.807, 2.05) is 30.5 Å². The number of hydrogen-bond donors (Lipinski definition) is 3. The van der Waals surface area contributed by atoms with Crippen molar-refractivity contribution < 1.29 is 4.79 Å². The number of piperidine rings is 1. The fourth-order valence-corrected chi connectivity index (χ4v) is 4.25. The van der Waals surface area contributed by atoms with Crippen LogP contribution in [0.15, 0.2) is 36.7 Å². The number of anilines is 1. The molecule has 1 aliphatic heterocycles. The quantitative estimate of drug-likeness (QED) is 0.416. The number of amides is 2. The van der Waals surface area contributed by atoms with Crippen LogP contribution in [0.1, 0.15) is 25.7 Å². The van der Waals surface area contributed by atoms with Gasteiger partial charge in [0.15, 0.2) is 0 Å². The standard InChI is InChI=1S/C21H25ClN6O/c22-18-10-15(17-12-26-20-16(17)6-2-8-25-20)11-19(27-18)24-7-1-4-14-5-3-9-28(13-14)21(23)29/h2,6,8,10-12,14H,1,3-5,7,9,13H2,(H2,23,29)(H,24,27)(H,25,26). The number of halogens is 1. The number of carbonyl (C=O) groups excluding carboxylic acids is 1. The van der Waals surface area contributed by atoms with Crippen LogP contribution < -0.4 is 11.1 Å². The van der Waals surface area contributed by atoms with Gasteiger partial charge in [-0.05, 0) is 61.4 Å². The normalized spacial score (nSPS) is 16.9. The van der Waals surface area contributed by atoms with Crippen molar-refractivity contribution >= 4 is 34.5 Å². The molecule has 4 heterocycles. The lowest BCUT2D eigenvalue weighted by Crippen LogP contribution is -2.42. The van der Waals surface area contributed by atoms with Crippen molar-refractivity contribution in [3.8, 4) is 11.1 Å². The average molecular weight is 413 g/mol. The summed E-state index contributed by atoms with van der Waals surface area (Å²) in [6.07, 6.45) is 7.94. The van der Waals surface area contributed by atoms with Gasteiger partial charge in [-0.2, -0.15) is 0 Å². The molecule has 1 unspecified atom stereocenters. The molecule has 0 saturated carbocycles. The Balaban J connectivity index is 1.37. The Kier molecular flexibility index (Phi) is 5.85. The summed E-state index contributed by atoms with van der Waals surface area (Å²) in [6.45, 7) is 2.35. The van der Waals surface area contributed by atoms with Gasteiger partial charge in [-0.15, -0.1) is 0 Å². The highest BCUT2D eigenvalue weighted by atomic mass is 35.5. The highest BCUT2D eigenvalue weighted by molar-refractivity contribution is 6.29. The monoisotopic (exact) mass is 412 g/mol. The number of carbonyl (C=O) groups is 1. The largest absolute Gasteiger partial charge is 0.370 e. The molecular weight excluding hydrogens is 388 g/mol. The van der Waals surface area contributed by atoms with Crippen LogP contribution >= 0.6 is 11.6 Å². The van der Waals surface area contributed by atoms with E-state index in [-0.39, 0.29) is 6.03 Å². The van der Waals surface area contributed by atoms with Gasteiger partial charge in [-0.3, -0.25) is 0 Å². The fourth-order valence-electron chi connectivity index (χ4n) is 4.05. The van der Waals surface area contributed by atoms with E-state index < -0.39 is 0 Å². The molecule has 3 aromatic rings. The van der Waals surface area contributed by atoms with Gasteiger partial charge in [0.2, 0.25) is 0 Å². The van der Waals surface area contributed by atoms with Crippen molar-refractivity contribution in [2.75, 3.05) is 25.0 Å². The van der Waals surface area contributed by atoms with E-state index in [1.54, 1.807) is 11.1 Å². The zero-order chi connectivity index (χ0) is 20.2. The van der Waals surface area contributed by atoms with Crippen molar-refractivity contribution in [3.63, 3.8) is 0 Å². The molecule has 1 saturated heterocycles. The molecule has 152 valence electrons. The predicted molar refractivity (Wildman–Crippen MR) is 116 cm³/mol. The molecule has 3 aromatic heterocycles. The molecular formula is C21H25ClN6O. The molecule has 1 fully saturated rings. The van der Waals surface area contributed by atoms with E-state index in [0.29, 0.717) is 11.1 Å². The summed E-state index contributed by atoms with van der Waals surface area (Å²) >= 11 is 6.27. The zero-order valence-corrected chi connectivity index (χ0v) is 17.0. The SMILES string of the molecule is NC(=O)N1CCCC(CCCNc2cc(-c3c[nH]c4ncccc34)cc(Cl)n2)C1. The number of hydrogen-bond acceptors (Lipinski definition) is 4. The number of urea groups is 1. The van der Waals surface area contributed by atoms with Gasteiger partial charge in [0, 0.05) is 43.0 Å². The first-order chi connectivity index (χ1) is 14.1. The van der Waals surface area contributed by atoms with Crippen molar-refractivity contribution in [2.24, 2.45) is 11.7 Å². The van der Waals surface area contributed by atoms with E-state index in [4.69, 9.17) is 17.3 Å². The van der Waals surface area contributed by atoms with Gasteiger partial charge in [0.05, 0.1) is 0 Å². The maximum Gasteiger partial charge on any atom is 0.314 e. The smallest absolute Gasteiger partial charge is 0.314 e. The lowest BCUT2D eigenvalue weighted by atomic mass is 9.93. The summed E-state index contributed by atoms with van der Waals surface area (Å²) in [6, 6.07) is 7.53.